The molecule has 0 aromatic heterocycles. The van der Waals surface area contributed by atoms with Crippen LogP contribution in [0.5, 0.6) is 0 Å². The molecule has 1 aromatic carbocycles. The number of fused-ring (bicyclic) bond motifs is 3. The SMILES string of the molecule is NCc1cc2c(c(C(F)(F)F)c1)C(=O)N1CCNC[C@@H]21. The molecule has 0 saturated carbocycles. The number of amides is 1. The monoisotopic (exact) mass is 285 g/mol. The van der Waals surface area contributed by atoms with Crippen LogP contribution in [0.3, 0.4) is 0 Å². The number of nitrogens with two attached hydrogens (primary N) is 1. The Kier molecular flexibility index (Phi) is 2.98. The summed E-state index contributed by atoms with van der Waals surface area (Å²) in [5.41, 5.74) is 5.25. The van der Waals surface area contributed by atoms with E-state index in [0.29, 0.717) is 30.8 Å². The molecule has 0 unspecified atom stereocenters. The van der Waals surface area contributed by atoms with Gasteiger partial charge >= 0.3 is 6.18 Å². The minimum atomic E-state index is -4.55. The van der Waals surface area contributed by atoms with Crippen LogP contribution < -0.4 is 11.1 Å². The van der Waals surface area contributed by atoms with E-state index >= 15 is 0 Å². The van der Waals surface area contributed by atoms with Gasteiger partial charge in [0.25, 0.3) is 5.91 Å². The smallest absolute Gasteiger partial charge is 0.329 e. The predicted octanol–water partition coefficient (Wildman–Crippen LogP) is 1.26. The largest absolute Gasteiger partial charge is 0.417 e. The number of halogens is 3. The van der Waals surface area contributed by atoms with E-state index < -0.39 is 17.6 Å². The average molecular weight is 285 g/mol. The lowest BCUT2D eigenvalue weighted by Crippen LogP contribution is -2.44. The number of hydrogen-bond acceptors (Lipinski definition) is 3. The number of carbonyl (C=O) groups is 1. The minimum Gasteiger partial charge on any atom is -0.329 e. The van der Waals surface area contributed by atoms with Crippen molar-refractivity contribution < 1.29 is 18.0 Å². The number of piperazine rings is 1. The van der Waals surface area contributed by atoms with Crippen LogP contribution in [0.15, 0.2) is 12.1 Å². The van der Waals surface area contributed by atoms with Crippen LogP contribution >= 0.6 is 0 Å². The van der Waals surface area contributed by atoms with Crippen LogP contribution in [0.1, 0.15) is 33.1 Å². The molecule has 1 atom stereocenters. The van der Waals surface area contributed by atoms with E-state index in [2.05, 4.69) is 5.32 Å². The van der Waals surface area contributed by atoms with Crippen LogP contribution in [0.25, 0.3) is 0 Å². The predicted molar refractivity (Wildman–Crippen MR) is 66.0 cm³/mol. The number of rotatable bonds is 1. The van der Waals surface area contributed by atoms with Crippen molar-refractivity contribution in [2.45, 2.75) is 18.8 Å². The normalized spacial score (nSPS) is 21.9. The summed E-state index contributed by atoms with van der Waals surface area (Å²) in [5, 5.41) is 3.11. The van der Waals surface area contributed by atoms with Crippen molar-refractivity contribution in [2.24, 2.45) is 5.73 Å². The molecule has 0 spiro atoms. The third kappa shape index (κ3) is 1.89. The second-order valence-corrected chi connectivity index (χ2v) is 5.03. The first-order chi connectivity index (χ1) is 9.43. The first kappa shape index (κ1) is 13.4. The maximum atomic E-state index is 13.2. The maximum absolute atomic E-state index is 13.2. The molecule has 2 aliphatic heterocycles. The number of nitrogens with zero attached hydrogens (tertiary/aromatic N) is 1. The standard InChI is InChI=1S/C13H14F3N3O/c14-13(15,16)9-4-7(5-17)3-8-10-6-18-1-2-19(10)12(20)11(8)9/h3-4,10,18H,1-2,5-6,17H2/t10-/m0/s1. The molecule has 7 heteroatoms. The molecule has 1 amide bonds. The Morgan fingerprint density at radius 1 is 1.40 bits per heavy atom. The molecule has 3 rings (SSSR count). The Balaban J connectivity index is 2.21. The van der Waals surface area contributed by atoms with E-state index in [-0.39, 0.29) is 18.2 Å². The van der Waals surface area contributed by atoms with Crippen molar-refractivity contribution in [1.82, 2.24) is 10.2 Å². The highest BCUT2D eigenvalue weighted by Crippen LogP contribution is 2.42. The highest BCUT2D eigenvalue weighted by molar-refractivity contribution is 6.01. The van der Waals surface area contributed by atoms with Gasteiger partial charge in [0.1, 0.15) is 0 Å². The van der Waals surface area contributed by atoms with E-state index in [1.807, 2.05) is 0 Å². The number of carbonyl (C=O) groups excluding carboxylic acids is 1. The Bertz CT molecular complexity index is 571. The second-order valence-electron chi connectivity index (χ2n) is 5.03. The minimum absolute atomic E-state index is 0.0186. The summed E-state index contributed by atoms with van der Waals surface area (Å²) in [6.45, 7) is 1.52. The van der Waals surface area contributed by atoms with E-state index in [4.69, 9.17) is 5.73 Å². The number of nitrogens with one attached hydrogen (secondary N) is 1. The van der Waals surface area contributed by atoms with Gasteiger partial charge in [-0.3, -0.25) is 4.79 Å². The van der Waals surface area contributed by atoms with Gasteiger partial charge in [0.05, 0.1) is 17.2 Å². The third-order valence-electron chi connectivity index (χ3n) is 3.85. The highest BCUT2D eigenvalue weighted by Gasteiger charge is 2.45. The van der Waals surface area contributed by atoms with Gasteiger partial charge in [0, 0.05) is 26.2 Å². The second kappa shape index (κ2) is 4.46. The zero-order valence-electron chi connectivity index (χ0n) is 10.6. The first-order valence-corrected chi connectivity index (χ1v) is 6.39. The zero-order chi connectivity index (χ0) is 14.5. The van der Waals surface area contributed by atoms with Gasteiger partial charge in [0.15, 0.2) is 0 Å². The van der Waals surface area contributed by atoms with Crippen LogP contribution in [-0.2, 0) is 12.7 Å². The third-order valence-corrected chi connectivity index (χ3v) is 3.85. The summed E-state index contributed by atoms with van der Waals surface area (Å²) in [6, 6.07) is 2.29. The van der Waals surface area contributed by atoms with Crippen molar-refractivity contribution in [3.8, 4) is 0 Å². The fraction of sp³-hybridized carbons (Fsp3) is 0.462. The molecule has 20 heavy (non-hydrogen) atoms. The van der Waals surface area contributed by atoms with Gasteiger partial charge in [-0.2, -0.15) is 13.2 Å². The van der Waals surface area contributed by atoms with Crippen LogP contribution in [0, 0.1) is 0 Å². The molecule has 2 aliphatic rings. The molecule has 0 bridgehead atoms. The summed E-state index contributed by atoms with van der Waals surface area (Å²) in [5.74, 6) is -0.526. The number of benzene rings is 1. The zero-order valence-corrected chi connectivity index (χ0v) is 10.6. The Morgan fingerprint density at radius 3 is 2.80 bits per heavy atom. The molecule has 2 heterocycles. The number of alkyl halides is 3. The molecule has 108 valence electrons. The van der Waals surface area contributed by atoms with E-state index in [1.165, 1.54) is 4.90 Å². The quantitative estimate of drug-likeness (QED) is 0.817. The van der Waals surface area contributed by atoms with Crippen molar-refractivity contribution in [2.75, 3.05) is 19.6 Å². The average Bonchev–Trinajstić information content (AvgIpc) is 2.71. The van der Waals surface area contributed by atoms with E-state index in [0.717, 1.165) is 6.07 Å². The molecular weight excluding hydrogens is 271 g/mol. The maximum Gasteiger partial charge on any atom is 0.417 e. The molecule has 1 aromatic rings. The Morgan fingerprint density at radius 2 is 2.15 bits per heavy atom. The van der Waals surface area contributed by atoms with Crippen molar-refractivity contribution >= 4 is 5.91 Å². The first-order valence-electron chi connectivity index (χ1n) is 6.39. The molecule has 1 saturated heterocycles. The van der Waals surface area contributed by atoms with Gasteiger partial charge < -0.3 is 16.0 Å². The summed E-state index contributed by atoms with van der Waals surface area (Å²) in [6.07, 6.45) is -4.55. The number of hydrogen-bond donors (Lipinski definition) is 2. The molecule has 0 aliphatic carbocycles. The van der Waals surface area contributed by atoms with Crippen molar-refractivity contribution in [1.29, 1.82) is 0 Å². The summed E-state index contributed by atoms with van der Waals surface area (Å²) in [4.78, 5) is 13.8. The van der Waals surface area contributed by atoms with Crippen LogP contribution in [0.2, 0.25) is 0 Å². The summed E-state index contributed by atoms with van der Waals surface area (Å²) in [7, 11) is 0. The van der Waals surface area contributed by atoms with Crippen molar-refractivity contribution in [3.05, 3.63) is 34.4 Å². The van der Waals surface area contributed by atoms with Gasteiger partial charge in [-0.15, -0.1) is 0 Å². The molecule has 0 radical (unpaired) electrons. The van der Waals surface area contributed by atoms with E-state index in [1.54, 1.807) is 6.07 Å². The van der Waals surface area contributed by atoms with Gasteiger partial charge in [-0.05, 0) is 17.2 Å². The van der Waals surface area contributed by atoms with Gasteiger partial charge in [-0.25, -0.2) is 0 Å². The molecular formula is C13H14F3N3O. The Labute approximate surface area is 113 Å². The lowest BCUT2D eigenvalue weighted by atomic mass is 9.95. The van der Waals surface area contributed by atoms with Gasteiger partial charge in [0.2, 0.25) is 0 Å². The summed E-state index contributed by atoms with van der Waals surface area (Å²) < 4.78 is 39.5. The topological polar surface area (TPSA) is 58.4 Å². The summed E-state index contributed by atoms with van der Waals surface area (Å²) >= 11 is 0. The highest BCUT2D eigenvalue weighted by atomic mass is 19.4. The molecule has 4 nitrogen and oxygen atoms in total. The Hall–Kier alpha value is -1.60. The lowest BCUT2D eigenvalue weighted by Gasteiger charge is -2.30. The molecule has 1 fully saturated rings. The van der Waals surface area contributed by atoms with Gasteiger partial charge in [-0.1, -0.05) is 6.07 Å². The van der Waals surface area contributed by atoms with Crippen LogP contribution in [-0.4, -0.2) is 30.4 Å². The lowest BCUT2D eigenvalue weighted by molar-refractivity contribution is -0.138. The molecule has 3 N–H and O–H groups in total. The fourth-order valence-corrected chi connectivity index (χ4v) is 2.94. The fourth-order valence-electron chi connectivity index (χ4n) is 2.94. The van der Waals surface area contributed by atoms with Crippen molar-refractivity contribution in [3.63, 3.8) is 0 Å². The van der Waals surface area contributed by atoms with Crippen LogP contribution in [0.4, 0.5) is 13.2 Å². The van der Waals surface area contributed by atoms with E-state index in [9.17, 15) is 18.0 Å².